The lowest BCUT2D eigenvalue weighted by Crippen LogP contribution is -2.26. The summed E-state index contributed by atoms with van der Waals surface area (Å²) in [6.45, 7) is 1.75. The predicted molar refractivity (Wildman–Crippen MR) is 62.0 cm³/mol. The molecule has 0 amide bonds. The van der Waals surface area contributed by atoms with E-state index in [1.807, 2.05) is 12.1 Å². The highest BCUT2D eigenvalue weighted by molar-refractivity contribution is 6.35. The van der Waals surface area contributed by atoms with Gasteiger partial charge in [0.1, 0.15) is 11.4 Å². The highest BCUT2D eigenvalue weighted by Gasteiger charge is 2.73. The number of methoxy groups -OCH3 is 2. The first-order valence-corrected chi connectivity index (χ1v) is 5.48. The van der Waals surface area contributed by atoms with E-state index in [2.05, 4.69) is 4.74 Å². The summed E-state index contributed by atoms with van der Waals surface area (Å²) in [5.74, 6) is 0.147. The molecule has 0 spiro atoms. The van der Waals surface area contributed by atoms with Gasteiger partial charge in [-0.3, -0.25) is 0 Å². The van der Waals surface area contributed by atoms with E-state index in [0.29, 0.717) is 0 Å². The average molecular weight is 257 g/mol. The largest absolute Gasteiger partial charge is 0.497 e. The second-order valence-electron chi connectivity index (χ2n) is 3.95. The van der Waals surface area contributed by atoms with Crippen molar-refractivity contribution in [2.45, 2.75) is 17.6 Å². The number of benzene rings is 1. The van der Waals surface area contributed by atoms with E-state index in [9.17, 15) is 4.79 Å². The smallest absolute Gasteiger partial charge is 0.357 e. The van der Waals surface area contributed by atoms with Gasteiger partial charge in [0.2, 0.25) is 0 Å². The molecule has 1 heterocycles. The average Bonchev–Trinajstić information content (AvgIpc) is 2.94. The molecule has 2 atom stereocenters. The Morgan fingerprint density at radius 1 is 1.29 bits per heavy atom. The molecule has 1 fully saturated rings. The van der Waals surface area contributed by atoms with Crippen LogP contribution in [0.25, 0.3) is 0 Å². The van der Waals surface area contributed by atoms with Crippen LogP contribution in [0.1, 0.15) is 12.5 Å². The van der Waals surface area contributed by atoms with Gasteiger partial charge in [0, 0.05) is 0 Å². The number of hydrogen-bond acceptors (Lipinski definition) is 4. The van der Waals surface area contributed by atoms with Crippen molar-refractivity contribution in [2.24, 2.45) is 0 Å². The Labute approximate surface area is 104 Å². The Bertz CT molecular complexity index is 444. The molecule has 0 aromatic heterocycles. The molecular weight excluding hydrogens is 244 g/mol. The third-order valence-corrected chi connectivity index (χ3v) is 3.60. The van der Waals surface area contributed by atoms with E-state index < -0.39 is 16.6 Å². The van der Waals surface area contributed by atoms with Crippen molar-refractivity contribution in [1.29, 1.82) is 0 Å². The van der Waals surface area contributed by atoms with Crippen molar-refractivity contribution in [3.8, 4) is 5.75 Å². The number of esters is 1. The Morgan fingerprint density at radius 3 is 2.35 bits per heavy atom. The maximum absolute atomic E-state index is 11.5. The van der Waals surface area contributed by atoms with Crippen molar-refractivity contribution < 1.29 is 19.0 Å². The van der Waals surface area contributed by atoms with Crippen LogP contribution >= 0.6 is 11.6 Å². The summed E-state index contributed by atoms with van der Waals surface area (Å²) in [5.41, 5.74) is -0.0489. The van der Waals surface area contributed by atoms with E-state index in [4.69, 9.17) is 21.1 Å². The fraction of sp³-hybridized carbons (Fsp3) is 0.417. The number of epoxide rings is 1. The highest BCUT2D eigenvalue weighted by Crippen LogP contribution is 2.59. The summed E-state index contributed by atoms with van der Waals surface area (Å²) in [5, 5.41) is -1.42. The number of carbonyl (C=O) groups is 1. The van der Waals surface area contributed by atoms with Gasteiger partial charge in [0.25, 0.3) is 5.06 Å². The minimum Gasteiger partial charge on any atom is -0.497 e. The van der Waals surface area contributed by atoms with Gasteiger partial charge in [0.15, 0.2) is 0 Å². The Kier molecular flexibility index (Phi) is 2.79. The van der Waals surface area contributed by atoms with Crippen LogP contribution in [-0.4, -0.2) is 25.2 Å². The number of halogens is 1. The second kappa shape index (κ2) is 3.89. The van der Waals surface area contributed by atoms with Crippen molar-refractivity contribution in [3.05, 3.63) is 29.8 Å². The fourth-order valence-corrected chi connectivity index (χ4v) is 2.12. The van der Waals surface area contributed by atoms with Gasteiger partial charge in [-0.2, -0.15) is 0 Å². The molecule has 5 heteroatoms. The molecule has 1 saturated heterocycles. The van der Waals surface area contributed by atoms with Gasteiger partial charge >= 0.3 is 5.97 Å². The maximum Gasteiger partial charge on any atom is 0.357 e. The Hall–Kier alpha value is -1.26. The lowest BCUT2D eigenvalue weighted by molar-refractivity contribution is -0.143. The zero-order valence-electron chi connectivity index (χ0n) is 9.82. The molecule has 1 aromatic carbocycles. The second-order valence-corrected chi connectivity index (χ2v) is 4.48. The van der Waals surface area contributed by atoms with Crippen LogP contribution in [0, 0.1) is 0 Å². The monoisotopic (exact) mass is 256 g/mol. The molecule has 0 aliphatic carbocycles. The quantitative estimate of drug-likeness (QED) is 0.472. The molecule has 0 bridgehead atoms. The summed E-state index contributed by atoms with van der Waals surface area (Å²) in [6.07, 6.45) is 0. The zero-order chi connectivity index (χ0) is 12.7. The van der Waals surface area contributed by atoms with E-state index in [1.54, 1.807) is 26.2 Å². The topological polar surface area (TPSA) is 48.1 Å². The van der Waals surface area contributed by atoms with E-state index in [-0.39, 0.29) is 0 Å². The molecule has 1 aliphatic rings. The number of rotatable bonds is 3. The number of carbonyl (C=O) groups excluding carboxylic acids is 1. The van der Waals surface area contributed by atoms with Crippen LogP contribution in [0.3, 0.4) is 0 Å². The molecule has 17 heavy (non-hydrogen) atoms. The number of ether oxygens (including phenoxy) is 3. The van der Waals surface area contributed by atoms with Crippen molar-refractivity contribution in [1.82, 2.24) is 0 Å². The van der Waals surface area contributed by atoms with E-state index in [0.717, 1.165) is 11.3 Å². The normalized spacial score (nSPS) is 30.8. The number of hydrogen-bond donors (Lipinski definition) is 0. The van der Waals surface area contributed by atoms with Crippen molar-refractivity contribution in [3.63, 3.8) is 0 Å². The number of alkyl halides is 1. The third-order valence-electron chi connectivity index (χ3n) is 3.01. The molecule has 1 aromatic rings. The van der Waals surface area contributed by atoms with Gasteiger partial charge in [-0.15, -0.1) is 0 Å². The van der Waals surface area contributed by atoms with Crippen molar-refractivity contribution >= 4 is 17.6 Å². The summed E-state index contributed by atoms with van der Waals surface area (Å²) in [7, 11) is 2.87. The molecule has 92 valence electrons. The van der Waals surface area contributed by atoms with E-state index in [1.165, 1.54) is 7.11 Å². The van der Waals surface area contributed by atoms with Crippen LogP contribution in [-0.2, 0) is 19.9 Å². The van der Waals surface area contributed by atoms with Crippen LogP contribution in [0.15, 0.2) is 24.3 Å². The molecule has 2 rings (SSSR count). The van der Waals surface area contributed by atoms with Crippen molar-refractivity contribution in [2.75, 3.05) is 14.2 Å². The molecular formula is C12H13ClO4. The van der Waals surface area contributed by atoms with Crippen LogP contribution in [0.5, 0.6) is 5.75 Å². The first-order valence-electron chi connectivity index (χ1n) is 5.10. The van der Waals surface area contributed by atoms with E-state index >= 15 is 0 Å². The van der Waals surface area contributed by atoms with Gasteiger partial charge < -0.3 is 14.2 Å². The maximum atomic E-state index is 11.5. The minimum absolute atomic E-state index is 0.586. The fourth-order valence-electron chi connectivity index (χ4n) is 1.78. The lowest BCUT2D eigenvalue weighted by atomic mass is 9.97. The van der Waals surface area contributed by atoms with Crippen LogP contribution < -0.4 is 4.74 Å². The SMILES string of the molecule is COC(=O)C1(Cl)OC1(C)c1ccc(OC)cc1. The Balaban J connectivity index is 2.27. The first-order chi connectivity index (χ1) is 7.98. The Morgan fingerprint density at radius 2 is 1.88 bits per heavy atom. The summed E-state index contributed by atoms with van der Waals surface area (Å²) >= 11 is 6.08. The molecule has 4 nitrogen and oxygen atoms in total. The van der Waals surface area contributed by atoms with Crippen LogP contribution in [0.2, 0.25) is 0 Å². The molecule has 0 radical (unpaired) electrons. The molecule has 1 aliphatic heterocycles. The standard InChI is InChI=1S/C12H13ClO4/c1-11(12(13,17-11)10(14)16-3)8-4-6-9(15-2)7-5-8/h4-7H,1-3H3. The predicted octanol–water partition coefficient (Wildman–Crippen LogP) is 2.05. The van der Waals surface area contributed by atoms with Gasteiger partial charge in [-0.1, -0.05) is 23.7 Å². The molecule has 0 N–H and O–H groups in total. The summed E-state index contributed by atoms with van der Waals surface area (Å²) < 4.78 is 15.0. The minimum atomic E-state index is -1.42. The third kappa shape index (κ3) is 1.68. The molecule has 2 unspecified atom stereocenters. The van der Waals surface area contributed by atoms with Gasteiger partial charge in [-0.25, -0.2) is 4.79 Å². The first kappa shape index (κ1) is 12.2. The van der Waals surface area contributed by atoms with Gasteiger partial charge in [0.05, 0.1) is 14.2 Å². The summed E-state index contributed by atoms with van der Waals surface area (Å²) in [4.78, 5) is 11.5. The van der Waals surface area contributed by atoms with Crippen LogP contribution in [0.4, 0.5) is 0 Å². The van der Waals surface area contributed by atoms with Gasteiger partial charge in [-0.05, 0) is 24.6 Å². The summed E-state index contributed by atoms with van der Waals surface area (Å²) in [6, 6.07) is 7.20. The zero-order valence-corrected chi connectivity index (χ0v) is 10.6. The lowest BCUT2D eigenvalue weighted by Gasteiger charge is -2.10. The highest BCUT2D eigenvalue weighted by atomic mass is 35.5. The molecule has 0 saturated carbocycles.